The molecule has 237 valence electrons. The zero-order chi connectivity index (χ0) is 31.7. The summed E-state index contributed by atoms with van der Waals surface area (Å²) >= 11 is 0. The van der Waals surface area contributed by atoms with Crippen LogP contribution in [-0.2, 0) is 30.2 Å². The normalized spacial score (nSPS) is 11.1. The van der Waals surface area contributed by atoms with E-state index in [9.17, 15) is 0 Å². The molecule has 19 heteroatoms. The van der Waals surface area contributed by atoms with Crippen molar-refractivity contribution in [3.8, 4) is 22.8 Å². The molecule has 6 aromatic rings. The third kappa shape index (κ3) is 12.2. The number of halogens is 2. The maximum Gasteiger partial charge on any atom is 2.00 e. The van der Waals surface area contributed by atoms with E-state index >= 15 is 0 Å². The Morgan fingerprint density at radius 1 is 0.489 bits per heavy atom. The summed E-state index contributed by atoms with van der Waals surface area (Å²) in [6.45, 7) is 0.989. The van der Waals surface area contributed by atoms with Crippen LogP contribution in [0.25, 0.3) is 33.8 Å². The van der Waals surface area contributed by atoms with Gasteiger partial charge in [0.2, 0.25) is 0 Å². The van der Waals surface area contributed by atoms with Gasteiger partial charge in [0.15, 0.2) is 0 Å². The molecule has 0 saturated carbocycles. The van der Waals surface area contributed by atoms with Gasteiger partial charge in [0, 0.05) is 24.8 Å². The van der Waals surface area contributed by atoms with Gasteiger partial charge in [0.25, 0.3) is 0 Å². The second kappa shape index (κ2) is 15.9. The Bertz CT molecular complexity index is 1640. The molecule has 0 aliphatic heterocycles. The first-order chi connectivity index (χ1) is 20.8. The fourth-order valence-corrected chi connectivity index (χ4v) is 3.83. The number of benzene rings is 1. The molecule has 0 atom stereocenters. The maximum atomic E-state index is 8.49. The Labute approximate surface area is 269 Å². The van der Waals surface area contributed by atoms with Crippen molar-refractivity contribution in [2.45, 2.75) is 13.1 Å². The summed E-state index contributed by atoms with van der Waals surface area (Å²) in [5.74, 6) is 0. The first kappa shape index (κ1) is 35.5. The quantitative estimate of drug-likeness (QED) is 0.146. The number of hydrogen-bond donors (Lipinski definition) is 0. The van der Waals surface area contributed by atoms with Crippen LogP contribution in [0.3, 0.4) is 0 Å². The molecule has 0 N–H and O–H groups in total. The van der Waals surface area contributed by atoms with E-state index < -0.39 is 20.5 Å². The second-order valence-electron chi connectivity index (χ2n) is 8.59. The van der Waals surface area contributed by atoms with Crippen LogP contribution in [0.2, 0.25) is 0 Å². The molecule has 1 radical (unpaired) electrons. The van der Waals surface area contributed by atoms with E-state index in [1.807, 2.05) is 94.6 Å². The number of rotatable bonds is 6. The molecule has 0 fully saturated rings. The number of nitrogens with zero attached hydrogens (tertiary/aromatic N) is 8. The second-order valence-corrected chi connectivity index (χ2v) is 10.1. The summed E-state index contributed by atoms with van der Waals surface area (Å²) in [5, 5.41) is 9.41. The summed E-state index contributed by atoms with van der Waals surface area (Å²) in [5.41, 5.74) is 6.73. The van der Waals surface area contributed by atoms with E-state index in [0.29, 0.717) is 13.1 Å². The zero-order valence-corrected chi connectivity index (χ0v) is 25.0. The Kier molecular flexibility index (Phi) is 12.5. The maximum absolute atomic E-state index is 8.49. The molecule has 0 bridgehead atoms. The predicted molar refractivity (Wildman–Crippen MR) is 129 cm³/mol. The van der Waals surface area contributed by atoms with Crippen LogP contribution in [0.1, 0.15) is 11.4 Å². The third-order valence-electron chi connectivity index (χ3n) is 5.49. The molecule has 16 nitrogen and oxygen atoms in total. The minimum Gasteiger partial charge on any atom is -0.266 e. The molecular weight excluding hydrogens is 687 g/mol. The molecule has 0 amide bonds. The Morgan fingerprint density at radius 2 is 0.844 bits per heavy atom. The Morgan fingerprint density at radius 3 is 1.18 bits per heavy atom. The number of aromatic nitrogens is 8. The standard InChI is InChI=1S/C26H20N8.2ClHO4.Cu/c1-2-10-22-21(9-1)29-25(17-33-15-11-23(31-33)19-7-3-5-13-27-19)26(30-22)18-34-16-12-24(32-34)20-8-4-6-14-28-20;2*2-1(3,4)5;/h1-16H,17-18H2;2*(H,2,3,4,5);/q;;;+2/p-2. The smallest absolute Gasteiger partial charge is 0.266 e. The van der Waals surface area contributed by atoms with Gasteiger partial charge in [-0.3, -0.25) is 19.3 Å². The van der Waals surface area contributed by atoms with Crippen molar-refractivity contribution in [2.75, 3.05) is 0 Å². The fraction of sp³-hybridized carbons (Fsp3) is 0.0769. The van der Waals surface area contributed by atoms with Crippen LogP contribution in [0, 0.1) is 20.5 Å². The number of hydrogen-bond acceptors (Lipinski definition) is 14. The largest absolute Gasteiger partial charge is 2.00 e. The van der Waals surface area contributed by atoms with E-state index in [0.717, 1.165) is 45.2 Å². The van der Waals surface area contributed by atoms with E-state index in [-0.39, 0.29) is 17.1 Å². The van der Waals surface area contributed by atoms with Gasteiger partial charge in [0.1, 0.15) is 11.4 Å². The van der Waals surface area contributed by atoms with Crippen molar-refractivity contribution in [1.82, 2.24) is 39.5 Å². The molecule has 0 unspecified atom stereocenters. The Hall–Kier alpha value is -3.94. The van der Waals surface area contributed by atoms with Crippen molar-refractivity contribution in [1.29, 1.82) is 0 Å². The van der Waals surface area contributed by atoms with Gasteiger partial charge in [0.05, 0.1) is 46.9 Å². The van der Waals surface area contributed by atoms with E-state index in [4.69, 9.17) is 57.4 Å². The van der Waals surface area contributed by atoms with E-state index in [2.05, 4.69) is 9.97 Å². The topological polar surface area (TPSA) is 272 Å². The molecule has 5 heterocycles. The molecule has 5 aromatic heterocycles. The molecule has 1 aromatic carbocycles. The van der Waals surface area contributed by atoms with Gasteiger partial charge < -0.3 is 0 Å². The van der Waals surface area contributed by atoms with Gasteiger partial charge in [-0.2, -0.15) is 10.2 Å². The van der Waals surface area contributed by atoms with Gasteiger partial charge in [-0.15, -0.1) is 20.5 Å². The zero-order valence-electron chi connectivity index (χ0n) is 22.6. The Balaban J connectivity index is 0.000000440. The van der Waals surface area contributed by atoms with Crippen molar-refractivity contribution in [3.63, 3.8) is 0 Å². The first-order valence-electron chi connectivity index (χ1n) is 12.2. The number of fused-ring (bicyclic) bond motifs is 1. The monoisotopic (exact) mass is 705 g/mol. The van der Waals surface area contributed by atoms with Gasteiger partial charge in [-0.05, 0) is 48.5 Å². The van der Waals surface area contributed by atoms with Crippen LogP contribution >= 0.6 is 0 Å². The first-order valence-corrected chi connectivity index (χ1v) is 14.7. The van der Waals surface area contributed by atoms with Crippen LogP contribution in [0.5, 0.6) is 0 Å². The molecular formula is C26H20Cl2CuN8O8. The van der Waals surface area contributed by atoms with Crippen LogP contribution in [0.4, 0.5) is 0 Å². The average Bonchev–Trinajstić information content (AvgIpc) is 3.63. The summed E-state index contributed by atoms with van der Waals surface area (Å²) < 4.78 is 71.7. The summed E-state index contributed by atoms with van der Waals surface area (Å²) in [7, 11) is -9.89. The molecule has 0 saturated heterocycles. The molecule has 0 aliphatic carbocycles. The average molecular weight is 707 g/mol. The van der Waals surface area contributed by atoms with Crippen LogP contribution in [0.15, 0.2) is 97.6 Å². The molecule has 0 aliphatic rings. The van der Waals surface area contributed by atoms with Crippen molar-refractivity contribution in [3.05, 3.63) is 109 Å². The minimum absolute atomic E-state index is 0. The van der Waals surface area contributed by atoms with Crippen molar-refractivity contribution < 1.29 is 74.8 Å². The molecule has 45 heavy (non-hydrogen) atoms. The van der Waals surface area contributed by atoms with Crippen LogP contribution in [-0.4, -0.2) is 39.5 Å². The fourth-order valence-electron chi connectivity index (χ4n) is 3.83. The molecule has 0 spiro atoms. The van der Waals surface area contributed by atoms with E-state index in [1.54, 1.807) is 12.4 Å². The number of para-hydroxylation sites is 2. The van der Waals surface area contributed by atoms with Gasteiger partial charge in [-0.1, -0.05) is 24.3 Å². The summed E-state index contributed by atoms with van der Waals surface area (Å²) in [4.78, 5) is 18.6. The summed E-state index contributed by atoms with van der Waals surface area (Å²) in [6, 6.07) is 23.4. The SMILES string of the molecule is [Cu+2].[O-][Cl+3]([O-])([O-])[O-].[O-][Cl+3]([O-])([O-])[O-].c1ccc(-c2ccn(Cc3nc4ccccc4nc3Cn3ccc(-c4ccccn4)n3)n2)nc1. The van der Waals surface area contributed by atoms with Gasteiger partial charge in [-0.25, -0.2) is 47.2 Å². The molecule has 6 rings (SSSR count). The van der Waals surface area contributed by atoms with E-state index in [1.165, 1.54) is 0 Å². The summed E-state index contributed by atoms with van der Waals surface area (Å²) in [6.07, 6.45) is 7.42. The predicted octanol–water partition coefficient (Wildman–Crippen LogP) is -5.27. The third-order valence-corrected chi connectivity index (χ3v) is 5.49. The minimum atomic E-state index is -4.94. The number of pyridine rings is 2. The van der Waals surface area contributed by atoms with Gasteiger partial charge >= 0.3 is 17.1 Å². The van der Waals surface area contributed by atoms with Crippen LogP contribution < -0.4 is 37.3 Å². The van der Waals surface area contributed by atoms with Crippen molar-refractivity contribution in [2.24, 2.45) is 0 Å². The van der Waals surface area contributed by atoms with Crippen molar-refractivity contribution >= 4 is 11.0 Å².